The first kappa shape index (κ1) is 12.7. The van der Waals surface area contributed by atoms with E-state index < -0.39 is 0 Å². The number of nitrogens with zero attached hydrogens (tertiary/aromatic N) is 1. The number of benzene rings is 1. The van der Waals surface area contributed by atoms with Crippen molar-refractivity contribution < 1.29 is 4.79 Å². The molecule has 0 spiro atoms. The summed E-state index contributed by atoms with van der Waals surface area (Å²) in [5, 5.41) is 5.14. The van der Waals surface area contributed by atoms with Gasteiger partial charge < -0.3 is 9.88 Å². The van der Waals surface area contributed by atoms with Gasteiger partial charge in [0.05, 0.1) is 5.56 Å². The zero-order chi connectivity index (χ0) is 14.4. The number of fused-ring (bicyclic) bond motifs is 3. The molecule has 1 aliphatic rings. The van der Waals surface area contributed by atoms with Gasteiger partial charge >= 0.3 is 0 Å². The average molecular weight is 296 g/mol. The van der Waals surface area contributed by atoms with Gasteiger partial charge in [-0.05, 0) is 30.5 Å². The number of aromatic nitrogens is 1. The van der Waals surface area contributed by atoms with Crippen LogP contribution in [0, 0.1) is 6.92 Å². The Labute approximate surface area is 127 Å². The molecule has 2 aromatic heterocycles. The van der Waals surface area contributed by atoms with E-state index in [1.54, 1.807) is 11.3 Å². The summed E-state index contributed by atoms with van der Waals surface area (Å²) in [7, 11) is 0. The molecule has 3 heterocycles. The third-order valence-corrected chi connectivity index (χ3v) is 4.87. The van der Waals surface area contributed by atoms with E-state index in [0.29, 0.717) is 6.54 Å². The Bertz CT molecular complexity index is 817. The van der Waals surface area contributed by atoms with Gasteiger partial charge in [0.25, 0.3) is 5.91 Å². The second-order valence-electron chi connectivity index (χ2n) is 5.62. The Balaban J connectivity index is 1.72. The van der Waals surface area contributed by atoms with E-state index in [2.05, 4.69) is 30.1 Å². The summed E-state index contributed by atoms with van der Waals surface area (Å²) in [6, 6.07) is 8.37. The molecule has 3 aromatic rings. The van der Waals surface area contributed by atoms with Crippen molar-refractivity contribution in [2.24, 2.45) is 0 Å². The monoisotopic (exact) mass is 296 g/mol. The van der Waals surface area contributed by atoms with Gasteiger partial charge in [0, 0.05) is 47.1 Å². The molecule has 106 valence electrons. The number of rotatable bonds is 1. The molecule has 0 aliphatic carbocycles. The fourth-order valence-electron chi connectivity index (χ4n) is 3.07. The highest BCUT2D eigenvalue weighted by Gasteiger charge is 2.24. The maximum Gasteiger partial charge on any atom is 0.255 e. The minimum atomic E-state index is 0.143. The molecule has 0 unspecified atom stereocenters. The van der Waals surface area contributed by atoms with Gasteiger partial charge in [-0.15, -0.1) is 0 Å². The number of nitrogens with one attached hydrogen (secondary N) is 1. The van der Waals surface area contributed by atoms with E-state index in [9.17, 15) is 4.79 Å². The Morgan fingerprint density at radius 1 is 1.33 bits per heavy atom. The highest BCUT2D eigenvalue weighted by Crippen LogP contribution is 2.29. The maximum atomic E-state index is 12.5. The van der Waals surface area contributed by atoms with Crippen LogP contribution in [-0.2, 0) is 13.0 Å². The number of aryl methyl sites for hydroxylation is 1. The normalized spacial score (nSPS) is 14.4. The van der Waals surface area contributed by atoms with Crippen molar-refractivity contribution in [1.29, 1.82) is 0 Å². The lowest BCUT2D eigenvalue weighted by Gasteiger charge is -2.27. The summed E-state index contributed by atoms with van der Waals surface area (Å²) in [5.74, 6) is 0.143. The first-order chi connectivity index (χ1) is 10.2. The van der Waals surface area contributed by atoms with E-state index in [-0.39, 0.29) is 5.91 Å². The molecule has 0 radical (unpaired) electrons. The zero-order valence-electron chi connectivity index (χ0n) is 11.8. The number of H-pyrrole nitrogens is 1. The Morgan fingerprint density at radius 3 is 3.05 bits per heavy atom. The smallest absolute Gasteiger partial charge is 0.255 e. The van der Waals surface area contributed by atoms with Gasteiger partial charge in [0.2, 0.25) is 0 Å². The molecular weight excluding hydrogens is 280 g/mol. The van der Waals surface area contributed by atoms with Crippen LogP contribution in [-0.4, -0.2) is 22.3 Å². The second-order valence-corrected chi connectivity index (χ2v) is 6.40. The third-order valence-electron chi connectivity index (χ3n) is 4.19. The molecule has 0 bridgehead atoms. The number of thiophene rings is 1. The number of amides is 1. The quantitative estimate of drug-likeness (QED) is 0.729. The van der Waals surface area contributed by atoms with Crippen molar-refractivity contribution in [2.45, 2.75) is 19.9 Å². The first-order valence-electron chi connectivity index (χ1n) is 7.14. The van der Waals surface area contributed by atoms with Crippen molar-refractivity contribution in [1.82, 2.24) is 9.88 Å². The lowest BCUT2D eigenvalue weighted by atomic mass is 10.0. The summed E-state index contributed by atoms with van der Waals surface area (Å²) in [6.45, 7) is 3.59. The number of carbonyl (C=O) groups excluding carboxylic acids is 1. The third kappa shape index (κ3) is 2.07. The summed E-state index contributed by atoms with van der Waals surface area (Å²) in [5.41, 5.74) is 5.80. The summed E-state index contributed by atoms with van der Waals surface area (Å²) in [6.07, 6.45) is 0.902. The fraction of sp³-hybridized carbons (Fsp3) is 0.235. The highest BCUT2D eigenvalue weighted by atomic mass is 32.1. The van der Waals surface area contributed by atoms with E-state index in [0.717, 1.165) is 18.5 Å². The van der Waals surface area contributed by atoms with Crippen LogP contribution in [0.25, 0.3) is 10.9 Å². The van der Waals surface area contributed by atoms with Crippen molar-refractivity contribution in [3.8, 4) is 0 Å². The molecule has 1 aliphatic heterocycles. The molecular formula is C17H16N2OS. The van der Waals surface area contributed by atoms with Crippen LogP contribution < -0.4 is 0 Å². The van der Waals surface area contributed by atoms with Crippen LogP contribution in [0.2, 0.25) is 0 Å². The topological polar surface area (TPSA) is 36.1 Å². The molecule has 0 saturated carbocycles. The summed E-state index contributed by atoms with van der Waals surface area (Å²) < 4.78 is 0. The molecule has 3 nitrogen and oxygen atoms in total. The molecule has 1 aromatic carbocycles. The molecule has 21 heavy (non-hydrogen) atoms. The van der Waals surface area contributed by atoms with Crippen molar-refractivity contribution in [3.05, 3.63) is 57.4 Å². The molecule has 1 amide bonds. The fourth-order valence-corrected chi connectivity index (χ4v) is 3.70. The molecule has 4 rings (SSSR count). The van der Waals surface area contributed by atoms with Crippen molar-refractivity contribution in [3.63, 3.8) is 0 Å². The van der Waals surface area contributed by atoms with Crippen LogP contribution in [0.1, 0.15) is 27.2 Å². The van der Waals surface area contributed by atoms with Crippen molar-refractivity contribution >= 4 is 28.1 Å². The van der Waals surface area contributed by atoms with Gasteiger partial charge in [-0.1, -0.05) is 11.6 Å². The largest absolute Gasteiger partial charge is 0.358 e. The van der Waals surface area contributed by atoms with E-state index in [4.69, 9.17) is 0 Å². The standard InChI is InChI=1S/C17H16N2OS/c1-11-2-3-15-13(8-11)14-9-19(6-4-16(14)18-15)17(20)12-5-7-21-10-12/h2-3,5,7-8,10,18H,4,6,9H2,1H3. The zero-order valence-corrected chi connectivity index (χ0v) is 12.7. The van der Waals surface area contributed by atoms with Crippen LogP contribution >= 0.6 is 11.3 Å². The van der Waals surface area contributed by atoms with Gasteiger partial charge in [-0.25, -0.2) is 0 Å². The molecule has 0 atom stereocenters. The Morgan fingerprint density at radius 2 is 2.24 bits per heavy atom. The number of hydrogen-bond donors (Lipinski definition) is 1. The number of hydrogen-bond acceptors (Lipinski definition) is 2. The first-order valence-corrected chi connectivity index (χ1v) is 8.08. The Kier molecular flexibility index (Phi) is 2.86. The summed E-state index contributed by atoms with van der Waals surface area (Å²) in [4.78, 5) is 18.0. The second kappa shape index (κ2) is 4.74. The van der Waals surface area contributed by atoms with Crippen molar-refractivity contribution in [2.75, 3.05) is 6.54 Å². The SMILES string of the molecule is Cc1ccc2[nH]c3c(c2c1)CN(C(=O)c1ccsc1)CC3. The molecule has 0 saturated heterocycles. The molecule has 1 N–H and O–H groups in total. The highest BCUT2D eigenvalue weighted by molar-refractivity contribution is 7.08. The van der Waals surface area contributed by atoms with Gasteiger partial charge in [-0.3, -0.25) is 4.79 Å². The van der Waals surface area contributed by atoms with Gasteiger partial charge in [-0.2, -0.15) is 11.3 Å². The van der Waals surface area contributed by atoms with Crippen LogP contribution in [0.3, 0.4) is 0 Å². The molecule has 4 heteroatoms. The van der Waals surface area contributed by atoms with Crippen LogP contribution in [0.5, 0.6) is 0 Å². The van der Waals surface area contributed by atoms with Gasteiger partial charge in [0.1, 0.15) is 0 Å². The maximum absolute atomic E-state index is 12.5. The molecule has 0 fully saturated rings. The summed E-state index contributed by atoms with van der Waals surface area (Å²) >= 11 is 1.57. The lowest BCUT2D eigenvalue weighted by Crippen LogP contribution is -2.35. The van der Waals surface area contributed by atoms with E-state index in [1.807, 2.05) is 21.7 Å². The van der Waals surface area contributed by atoms with Crippen LogP contribution in [0.15, 0.2) is 35.0 Å². The lowest BCUT2D eigenvalue weighted by molar-refractivity contribution is 0.0735. The minimum Gasteiger partial charge on any atom is -0.358 e. The van der Waals surface area contributed by atoms with Crippen LogP contribution in [0.4, 0.5) is 0 Å². The predicted octanol–water partition coefficient (Wildman–Crippen LogP) is 3.74. The average Bonchev–Trinajstić information content (AvgIpc) is 3.13. The minimum absolute atomic E-state index is 0.143. The number of aromatic amines is 1. The van der Waals surface area contributed by atoms with E-state index in [1.165, 1.54) is 27.7 Å². The Hall–Kier alpha value is -2.07. The van der Waals surface area contributed by atoms with Gasteiger partial charge in [0.15, 0.2) is 0 Å². The van der Waals surface area contributed by atoms with E-state index >= 15 is 0 Å². The number of carbonyl (C=O) groups is 1. The predicted molar refractivity (Wildman–Crippen MR) is 85.8 cm³/mol.